The van der Waals surface area contributed by atoms with Crippen molar-refractivity contribution in [2.24, 2.45) is 0 Å². The number of carbonyl (C=O) groups excluding carboxylic acids is 3. The number of esters is 3. The summed E-state index contributed by atoms with van der Waals surface area (Å²) in [6, 6.07) is 0. The van der Waals surface area contributed by atoms with Gasteiger partial charge in [-0.05, 0) is 0 Å². The Morgan fingerprint density at radius 1 is 0.810 bits per heavy atom. The standard InChI is InChI=1S/C13H22O8/c1-8(14)19-7-11(18-5)13(21-10(3)16)12(6-17-4)20-9(2)15/h11-13H,6-7H2,1-5H3. The smallest absolute Gasteiger partial charge is 0.303 e. The highest BCUT2D eigenvalue weighted by Gasteiger charge is 2.35. The molecule has 0 spiro atoms. The summed E-state index contributed by atoms with van der Waals surface area (Å²) in [7, 11) is 2.78. The number of carbonyl (C=O) groups is 3. The minimum atomic E-state index is -0.962. The molecule has 0 aromatic heterocycles. The molecule has 0 N–H and O–H groups in total. The van der Waals surface area contributed by atoms with Crippen LogP contribution >= 0.6 is 0 Å². The van der Waals surface area contributed by atoms with Gasteiger partial charge in [0.05, 0.1) is 6.61 Å². The average molecular weight is 306 g/mol. The molecule has 0 heterocycles. The first kappa shape index (κ1) is 19.3. The predicted octanol–water partition coefficient (Wildman–Crippen LogP) is 0.0743. The van der Waals surface area contributed by atoms with E-state index in [1.807, 2.05) is 0 Å². The highest BCUT2D eigenvalue weighted by Crippen LogP contribution is 2.14. The molecule has 122 valence electrons. The molecule has 0 fully saturated rings. The normalized spacial score (nSPS) is 14.7. The van der Waals surface area contributed by atoms with Crippen LogP contribution in [0, 0.1) is 0 Å². The molecule has 8 heteroatoms. The zero-order valence-electron chi connectivity index (χ0n) is 12.9. The Bertz CT molecular complexity index is 354. The van der Waals surface area contributed by atoms with Crippen molar-refractivity contribution in [1.82, 2.24) is 0 Å². The van der Waals surface area contributed by atoms with E-state index in [0.29, 0.717) is 0 Å². The predicted molar refractivity (Wildman–Crippen MR) is 70.4 cm³/mol. The van der Waals surface area contributed by atoms with Crippen LogP contribution in [0.15, 0.2) is 0 Å². The lowest BCUT2D eigenvalue weighted by atomic mass is 10.1. The number of hydrogen-bond acceptors (Lipinski definition) is 8. The second kappa shape index (κ2) is 10.1. The first-order valence-electron chi connectivity index (χ1n) is 6.31. The van der Waals surface area contributed by atoms with Crippen molar-refractivity contribution in [3.63, 3.8) is 0 Å². The number of ether oxygens (including phenoxy) is 5. The molecular weight excluding hydrogens is 284 g/mol. The number of methoxy groups -OCH3 is 2. The zero-order valence-corrected chi connectivity index (χ0v) is 12.9. The molecule has 0 bridgehead atoms. The Balaban J connectivity index is 5.10. The molecule has 21 heavy (non-hydrogen) atoms. The van der Waals surface area contributed by atoms with Gasteiger partial charge in [-0.25, -0.2) is 0 Å². The first-order chi connectivity index (χ1) is 9.81. The van der Waals surface area contributed by atoms with Gasteiger partial charge in [0.1, 0.15) is 12.7 Å². The van der Waals surface area contributed by atoms with Gasteiger partial charge in [-0.2, -0.15) is 0 Å². The number of hydrogen-bond donors (Lipinski definition) is 0. The quantitative estimate of drug-likeness (QED) is 0.436. The zero-order chi connectivity index (χ0) is 16.4. The summed E-state index contributed by atoms with van der Waals surface area (Å²) in [6.45, 7) is 3.53. The van der Waals surface area contributed by atoms with Gasteiger partial charge in [-0.1, -0.05) is 0 Å². The molecule has 0 rings (SSSR count). The molecule has 0 saturated heterocycles. The molecule has 3 unspecified atom stereocenters. The van der Waals surface area contributed by atoms with E-state index in [1.165, 1.54) is 35.0 Å². The summed E-state index contributed by atoms with van der Waals surface area (Å²) in [5.74, 6) is -1.65. The molecule has 0 radical (unpaired) electrons. The van der Waals surface area contributed by atoms with Crippen molar-refractivity contribution >= 4 is 17.9 Å². The molecule has 0 amide bonds. The third-order valence-electron chi connectivity index (χ3n) is 2.44. The van der Waals surface area contributed by atoms with Gasteiger partial charge in [0.2, 0.25) is 0 Å². The Kier molecular flexibility index (Phi) is 9.31. The van der Waals surface area contributed by atoms with Crippen LogP contribution in [0.3, 0.4) is 0 Å². The lowest BCUT2D eigenvalue weighted by molar-refractivity contribution is -0.186. The minimum Gasteiger partial charge on any atom is -0.463 e. The fraction of sp³-hybridized carbons (Fsp3) is 0.769. The van der Waals surface area contributed by atoms with Crippen molar-refractivity contribution in [3.8, 4) is 0 Å². The molecule has 8 nitrogen and oxygen atoms in total. The highest BCUT2D eigenvalue weighted by atomic mass is 16.6. The van der Waals surface area contributed by atoms with E-state index in [2.05, 4.69) is 0 Å². The molecule has 0 saturated carbocycles. The maximum atomic E-state index is 11.2. The summed E-state index contributed by atoms with van der Waals surface area (Å²) >= 11 is 0. The Hall–Kier alpha value is -1.67. The van der Waals surface area contributed by atoms with E-state index in [0.717, 1.165) is 0 Å². The van der Waals surface area contributed by atoms with E-state index >= 15 is 0 Å². The van der Waals surface area contributed by atoms with Gasteiger partial charge >= 0.3 is 17.9 Å². The molecule has 0 aromatic carbocycles. The number of rotatable bonds is 9. The Morgan fingerprint density at radius 2 is 1.38 bits per heavy atom. The Morgan fingerprint density at radius 3 is 1.76 bits per heavy atom. The highest BCUT2D eigenvalue weighted by molar-refractivity contribution is 5.67. The molecule has 0 aliphatic rings. The summed E-state index contributed by atoms with van der Waals surface area (Å²) in [4.78, 5) is 33.3. The molecule has 0 aromatic rings. The van der Waals surface area contributed by atoms with E-state index in [4.69, 9.17) is 23.7 Å². The van der Waals surface area contributed by atoms with E-state index in [9.17, 15) is 14.4 Å². The maximum absolute atomic E-state index is 11.2. The van der Waals surface area contributed by atoms with Crippen LogP contribution in [-0.4, -0.2) is 63.7 Å². The average Bonchev–Trinajstić information content (AvgIpc) is 2.36. The van der Waals surface area contributed by atoms with Crippen LogP contribution in [0.5, 0.6) is 0 Å². The summed E-state index contributed by atoms with van der Waals surface area (Å²) in [6.07, 6.45) is -2.63. The second-order valence-electron chi connectivity index (χ2n) is 4.25. The fourth-order valence-electron chi connectivity index (χ4n) is 1.65. The largest absolute Gasteiger partial charge is 0.463 e. The van der Waals surface area contributed by atoms with Gasteiger partial charge in [-0.15, -0.1) is 0 Å². The SMILES string of the molecule is COCC(OC(C)=O)C(OC(C)=O)C(COC(C)=O)OC. The third kappa shape index (κ3) is 8.26. The molecule has 0 aliphatic heterocycles. The second-order valence-corrected chi connectivity index (χ2v) is 4.25. The first-order valence-corrected chi connectivity index (χ1v) is 6.31. The van der Waals surface area contributed by atoms with Crippen LogP contribution in [-0.2, 0) is 38.1 Å². The van der Waals surface area contributed by atoms with Crippen molar-refractivity contribution in [2.45, 2.75) is 39.1 Å². The van der Waals surface area contributed by atoms with E-state index in [1.54, 1.807) is 0 Å². The fourth-order valence-corrected chi connectivity index (χ4v) is 1.65. The summed E-state index contributed by atoms with van der Waals surface area (Å²) in [5, 5.41) is 0. The van der Waals surface area contributed by atoms with Crippen LogP contribution in [0.1, 0.15) is 20.8 Å². The lowest BCUT2D eigenvalue weighted by Crippen LogP contribution is -2.48. The minimum absolute atomic E-state index is 0.00252. The maximum Gasteiger partial charge on any atom is 0.303 e. The van der Waals surface area contributed by atoms with Crippen molar-refractivity contribution in [1.29, 1.82) is 0 Å². The topological polar surface area (TPSA) is 97.4 Å². The van der Waals surface area contributed by atoms with Crippen LogP contribution in [0.25, 0.3) is 0 Å². The van der Waals surface area contributed by atoms with E-state index in [-0.39, 0.29) is 13.2 Å². The molecule has 3 atom stereocenters. The van der Waals surface area contributed by atoms with Crippen molar-refractivity contribution in [2.75, 3.05) is 27.4 Å². The van der Waals surface area contributed by atoms with Gasteiger partial charge < -0.3 is 23.7 Å². The summed E-state index contributed by atoms with van der Waals surface area (Å²) < 4.78 is 25.2. The summed E-state index contributed by atoms with van der Waals surface area (Å²) in [5.41, 5.74) is 0. The van der Waals surface area contributed by atoms with Crippen LogP contribution in [0.2, 0.25) is 0 Å². The van der Waals surface area contributed by atoms with Crippen LogP contribution in [0.4, 0.5) is 0 Å². The monoisotopic (exact) mass is 306 g/mol. The molecular formula is C13H22O8. The van der Waals surface area contributed by atoms with Gasteiger partial charge in [0.25, 0.3) is 0 Å². The van der Waals surface area contributed by atoms with Crippen molar-refractivity contribution in [3.05, 3.63) is 0 Å². The Labute approximate surface area is 123 Å². The van der Waals surface area contributed by atoms with Gasteiger partial charge in [0, 0.05) is 35.0 Å². The van der Waals surface area contributed by atoms with Crippen LogP contribution < -0.4 is 0 Å². The van der Waals surface area contributed by atoms with Gasteiger partial charge in [0.15, 0.2) is 12.2 Å². The van der Waals surface area contributed by atoms with E-state index < -0.39 is 36.2 Å². The lowest BCUT2D eigenvalue weighted by Gasteiger charge is -2.30. The third-order valence-corrected chi connectivity index (χ3v) is 2.44. The molecule has 0 aliphatic carbocycles. The van der Waals surface area contributed by atoms with Crippen molar-refractivity contribution < 1.29 is 38.1 Å². The van der Waals surface area contributed by atoms with Gasteiger partial charge in [-0.3, -0.25) is 14.4 Å².